The molecule has 0 unspecified atom stereocenters. The van der Waals surface area contributed by atoms with Crippen LogP contribution in [-0.4, -0.2) is 23.1 Å². The van der Waals surface area contributed by atoms with Crippen LogP contribution < -0.4 is 4.13 Å². The van der Waals surface area contributed by atoms with E-state index in [1.54, 1.807) is 30.3 Å². The third kappa shape index (κ3) is 5.21. The van der Waals surface area contributed by atoms with E-state index < -0.39 is 20.3 Å². The third-order valence-corrected chi connectivity index (χ3v) is 3.93. The summed E-state index contributed by atoms with van der Waals surface area (Å²) in [7, 11) is -8.12. The fourth-order valence-electron chi connectivity index (χ4n) is 0.929. The van der Waals surface area contributed by atoms with Gasteiger partial charge in [0.05, 0.1) is 12.9 Å². The molecule has 6 nitrogen and oxygen atoms in total. The highest BCUT2D eigenvalue weighted by molar-refractivity contribution is 8.02. The lowest BCUT2D eigenvalue weighted by Gasteiger charge is -2.05. The van der Waals surface area contributed by atoms with Crippen LogP contribution in [0.1, 0.15) is 5.56 Å². The van der Waals surface area contributed by atoms with E-state index in [1.807, 2.05) is 0 Å². The molecule has 0 aliphatic heterocycles. The predicted octanol–water partition coefficient (Wildman–Crippen LogP) is -0.00280. The van der Waals surface area contributed by atoms with Crippen LogP contribution in [0.5, 0.6) is 0 Å². The number of hydrogen-bond donors (Lipinski definition) is 1. The summed E-state index contributed by atoms with van der Waals surface area (Å²) in [6.45, 7) is -0.217. The molecule has 8 heteroatoms. The van der Waals surface area contributed by atoms with Crippen LogP contribution in [0.25, 0.3) is 0 Å². The SMILES string of the molecule is CS(=O)(=O)NS(=O)(=O)OCc1ccccc1. The largest absolute Gasteiger partial charge is 0.349 e. The van der Waals surface area contributed by atoms with Crippen LogP contribution in [0.3, 0.4) is 0 Å². The Morgan fingerprint density at radius 2 is 1.69 bits per heavy atom. The lowest BCUT2D eigenvalue weighted by Crippen LogP contribution is -2.30. The van der Waals surface area contributed by atoms with Crippen molar-refractivity contribution in [3.8, 4) is 0 Å². The molecule has 0 aliphatic carbocycles. The lowest BCUT2D eigenvalue weighted by molar-refractivity contribution is 0.306. The summed E-state index contributed by atoms with van der Waals surface area (Å²) in [5, 5.41) is 0. The summed E-state index contributed by atoms with van der Waals surface area (Å²) in [6.07, 6.45) is 0.733. The van der Waals surface area contributed by atoms with Gasteiger partial charge in [-0.05, 0) is 5.56 Å². The van der Waals surface area contributed by atoms with Crippen molar-refractivity contribution in [1.29, 1.82) is 0 Å². The summed E-state index contributed by atoms with van der Waals surface area (Å²) in [4.78, 5) is 0. The van der Waals surface area contributed by atoms with Gasteiger partial charge in [0.2, 0.25) is 10.0 Å². The Morgan fingerprint density at radius 1 is 1.12 bits per heavy atom. The maximum absolute atomic E-state index is 11.1. The fourth-order valence-corrected chi connectivity index (χ4v) is 2.90. The Balaban J connectivity index is 2.63. The molecule has 0 bridgehead atoms. The number of sulfonamides is 1. The molecule has 0 heterocycles. The van der Waals surface area contributed by atoms with E-state index in [4.69, 9.17) is 0 Å². The van der Waals surface area contributed by atoms with Crippen LogP contribution in [0, 0.1) is 0 Å². The second-order valence-electron chi connectivity index (χ2n) is 3.06. The molecule has 0 aromatic heterocycles. The number of nitrogens with one attached hydrogen (secondary N) is 1. The van der Waals surface area contributed by atoms with Crippen molar-refractivity contribution < 1.29 is 21.0 Å². The van der Waals surface area contributed by atoms with E-state index in [0.29, 0.717) is 5.56 Å². The van der Waals surface area contributed by atoms with Gasteiger partial charge >= 0.3 is 10.3 Å². The van der Waals surface area contributed by atoms with Crippen LogP contribution in [0.2, 0.25) is 0 Å². The Kier molecular flexibility index (Phi) is 4.03. The molecule has 0 amide bonds. The van der Waals surface area contributed by atoms with Gasteiger partial charge in [-0.25, -0.2) is 8.42 Å². The van der Waals surface area contributed by atoms with E-state index in [2.05, 4.69) is 4.18 Å². The van der Waals surface area contributed by atoms with Gasteiger partial charge in [-0.2, -0.15) is 8.42 Å². The predicted molar refractivity (Wildman–Crippen MR) is 58.1 cm³/mol. The van der Waals surface area contributed by atoms with E-state index in [9.17, 15) is 16.8 Å². The first-order valence-electron chi connectivity index (χ1n) is 4.20. The number of hydrogen-bond acceptors (Lipinski definition) is 5. The minimum atomic E-state index is -4.28. The van der Waals surface area contributed by atoms with E-state index in [0.717, 1.165) is 6.26 Å². The van der Waals surface area contributed by atoms with Gasteiger partial charge in [0.25, 0.3) is 0 Å². The minimum Gasteiger partial charge on any atom is -0.253 e. The molecule has 16 heavy (non-hydrogen) atoms. The Labute approximate surface area is 94.6 Å². The van der Waals surface area contributed by atoms with Gasteiger partial charge in [-0.15, -0.1) is 0 Å². The molecule has 1 aromatic rings. The second kappa shape index (κ2) is 4.91. The van der Waals surface area contributed by atoms with E-state index in [1.165, 1.54) is 4.13 Å². The summed E-state index contributed by atoms with van der Waals surface area (Å²) >= 11 is 0. The standard InChI is InChI=1S/C8H11NO5S2/c1-15(10,11)9-16(12,13)14-7-8-5-3-2-4-6-8/h2-6,9H,7H2,1H3. The topological polar surface area (TPSA) is 89.5 Å². The van der Waals surface area contributed by atoms with Crippen LogP contribution in [-0.2, 0) is 31.1 Å². The van der Waals surface area contributed by atoms with Gasteiger partial charge < -0.3 is 0 Å². The summed E-state index contributed by atoms with van der Waals surface area (Å²) in [5.41, 5.74) is 0.626. The molecule has 0 aliphatic rings. The number of rotatable bonds is 5. The average Bonchev–Trinajstić information content (AvgIpc) is 2.13. The molecular formula is C8H11NO5S2. The average molecular weight is 265 g/mol. The molecule has 0 fully saturated rings. The van der Waals surface area contributed by atoms with Crippen molar-refractivity contribution in [2.75, 3.05) is 6.26 Å². The Bertz CT molecular complexity index is 535. The monoisotopic (exact) mass is 265 g/mol. The Morgan fingerprint density at radius 3 is 2.19 bits per heavy atom. The van der Waals surface area contributed by atoms with Gasteiger partial charge in [0, 0.05) is 0 Å². The molecule has 0 saturated heterocycles. The van der Waals surface area contributed by atoms with Crippen molar-refractivity contribution in [3.63, 3.8) is 0 Å². The quantitative estimate of drug-likeness (QED) is 0.809. The summed E-state index contributed by atoms with van der Waals surface area (Å²) in [6, 6.07) is 8.53. The molecule has 1 aromatic carbocycles. The Hall–Kier alpha value is -0.960. The molecule has 90 valence electrons. The zero-order chi connectivity index (χ0) is 12.2. The van der Waals surface area contributed by atoms with Gasteiger partial charge in [-0.3, -0.25) is 4.18 Å². The normalized spacial score (nSPS) is 12.6. The molecular weight excluding hydrogens is 254 g/mol. The fraction of sp³-hybridized carbons (Fsp3) is 0.250. The zero-order valence-corrected chi connectivity index (χ0v) is 10.1. The second-order valence-corrected chi connectivity index (χ2v) is 6.41. The highest BCUT2D eigenvalue weighted by atomic mass is 32.3. The highest BCUT2D eigenvalue weighted by Crippen LogP contribution is 2.03. The van der Waals surface area contributed by atoms with Crippen molar-refractivity contribution in [2.45, 2.75) is 6.61 Å². The lowest BCUT2D eigenvalue weighted by atomic mass is 10.2. The molecule has 1 N–H and O–H groups in total. The minimum absolute atomic E-state index is 0.217. The molecule has 0 radical (unpaired) electrons. The first-order chi connectivity index (χ1) is 7.29. The van der Waals surface area contributed by atoms with Crippen LogP contribution in [0.4, 0.5) is 0 Å². The maximum atomic E-state index is 11.1. The molecule has 0 spiro atoms. The molecule has 0 atom stereocenters. The third-order valence-electron chi connectivity index (χ3n) is 1.48. The van der Waals surface area contributed by atoms with Crippen LogP contribution >= 0.6 is 0 Å². The van der Waals surface area contributed by atoms with Crippen molar-refractivity contribution in [3.05, 3.63) is 35.9 Å². The van der Waals surface area contributed by atoms with Crippen molar-refractivity contribution >= 4 is 20.3 Å². The first kappa shape index (κ1) is 13.1. The van der Waals surface area contributed by atoms with E-state index in [-0.39, 0.29) is 6.61 Å². The number of benzene rings is 1. The zero-order valence-electron chi connectivity index (χ0n) is 8.45. The molecule has 1 rings (SSSR count). The summed E-state index contributed by atoms with van der Waals surface area (Å²) < 4.78 is 49.5. The molecule has 0 saturated carbocycles. The van der Waals surface area contributed by atoms with Crippen molar-refractivity contribution in [2.24, 2.45) is 0 Å². The van der Waals surface area contributed by atoms with Crippen LogP contribution in [0.15, 0.2) is 30.3 Å². The highest BCUT2D eigenvalue weighted by Gasteiger charge is 2.16. The van der Waals surface area contributed by atoms with Gasteiger partial charge in [-0.1, -0.05) is 34.5 Å². The summed E-state index contributed by atoms with van der Waals surface area (Å²) in [5.74, 6) is 0. The van der Waals surface area contributed by atoms with E-state index >= 15 is 0 Å². The van der Waals surface area contributed by atoms with Crippen molar-refractivity contribution in [1.82, 2.24) is 4.13 Å². The van der Waals surface area contributed by atoms with Gasteiger partial charge in [0.15, 0.2) is 0 Å². The smallest absolute Gasteiger partial charge is 0.253 e. The first-order valence-corrected chi connectivity index (χ1v) is 7.50. The van der Waals surface area contributed by atoms with Gasteiger partial charge in [0.1, 0.15) is 0 Å². The maximum Gasteiger partial charge on any atom is 0.349 e.